The zero-order valence-electron chi connectivity index (χ0n) is 21.6. The molecule has 40 heavy (non-hydrogen) atoms. The Hall–Kier alpha value is -5.41. The molecule has 8 aromatic rings. The van der Waals surface area contributed by atoms with Crippen LogP contribution in [0.25, 0.3) is 76.7 Å². The van der Waals surface area contributed by atoms with Crippen LogP contribution in [-0.4, -0.2) is 15.0 Å². The highest BCUT2D eigenvalue weighted by Gasteiger charge is 2.15. The average Bonchev–Trinajstić information content (AvgIpc) is 3.03. The fourth-order valence-corrected chi connectivity index (χ4v) is 5.78. The molecule has 3 heterocycles. The van der Waals surface area contributed by atoms with Crippen molar-refractivity contribution in [3.63, 3.8) is 0 Å². The van der Waals surface area contributed by atoms with Crippen LogP contribution in [0.4, 0.5) is 0 Å². The van der Waals surface area contributed by atoms with Crippen molar-refractivity contribution in [2.45, 2.75) is 0 Å². The standard InChI is InChI=1S/C37H23N3/c1-3-7-33-26(5-1)19-27-6-2-4-8-34(27)37(33)32-20-35(28-9-11-30-22-38-15-13-24(30)17-28)40-36(21-32)29-10-12-31-23-39-16-14-25(31)18-29/h1-23H. The van der Waals surface area contributed by atoms with E-state index in [0.717, 1.165) is 49.6 Å². The molecule has 186 valence electrons. The van der Waals surface area contributed by atoms with Gasteiger partial charge in [0.15, 0.2) is 0 Å². The molecule has 3 nitrogen and oxygen atoms in total. The predicted molar refractivity (Wildman–Crippen MR) is 166 cm³/mol. The van der Waals surface area contributed by atoms with E-state index in [1.165, 1.54) is 27.1 Å². The molecule has 5 aromatic carbocycles. The monoisotopic (exact) mass is 509 g/mol. The number of pyridine rings is 3. The van der Waals surface area contributed by atoms with Gasteiger partial charge in [0.2, 0.25) is 0 Å². The van der Waals surface area contributed by atoms with Gasteiger partial charge in [-0.05, 0) is 85.9 Å². The Morgan fingerprint density at radius 1 is 0.375 bits per heavy atom. The van der Waals surface area contributed by atoms with Gasteiger partial charge in [0.25, 0.3) is 0 Å². The lowest BCUT2D eigenvalue weighted by atomic mass is 9.90. The number of fused-ring (bicyclic) bond motifs is 4. The predicted octanol–water partition coefficient (Wildman–Crippen LogP) is 9.49. The lowest BCUT2D eigenvalue weighted by molar-refractivity contribution is 1.32. The Balaban J connectivity index is 1.44. The molecule has 0 fully saturated rings. The lowest BCUT2D eigenvalue weighted by Crippen LogP contribution is -1.93. The molecule has 0 aliphatic carbocycles. The van der Waals surface area contributed by atoms with E-state index in [0.29, 0.717) is 0 Å². The minimum absolute atomic E-state index is 0.943. The summed E-state index contributed by atoms with van der Waals surface area (Å²) in [5.41, 5.74) is 6.43. The molecule has 3 heteroatoms. The average molecular weight is 510 g/mol. The highest BCUT2D eigenvalue weighted by Crippen LogP contribution is 2.39. The molecule has 0 aliphatic heterocycles. The van der Waals surface area contributed by atoms with Gasteiger partial charge < -0.3 is 0 Å². The summed E-state index contributed by atoms with van der Waals surface area (Å²) in [6.07, 6.45) is 7.49. The number of nitrogens with zero attached hydrogens (tertiary/aromatic N) is 3. The van der Waals surface area contributed by atoms with Crippen molar-refractivity contribution in [3.05, 3.63) is 140 Å². The lowest BCUT2D eigenvalue weighted by Gasteiger charge is -2.15. The summed E-state index contributed by atoms with van der Waals surface area (Å²) < 4.78 is 0. The van der Waals surface area contributed by atoms with E-state index in [1.54, 1.807) is 0 Å². The fourth-order valence-electron chi connectivity index (χ4n) is 5.78. The van der Waals surface area contributed by atoms with Crippen molar-refractivity contribution in [2.24, 2.45) is 0 Å². The Labute approximate surface area is 231 Å². The molecule has 3 aromatic heterocycles. The SMILES string of the molecule is c1ccc2c(-c3cc(-c4ccc5cnccc5c4)nc(-c4ccc5cnccc5c4)c3)c3ccccc3cc2c1. The number of hydrogen-bond acceptors (Lipinski definition) is 3. The molecule has 0 atom stereocenters. The van der Waals surface area contributed by atoms with Gasteiger partial charge in [-0.15, -0.1) is 0 Å². The van der Waals surface area contributed by atoms with Gasteiger partial charge in [-0.1, -0.05) is 72.8 Å². The molecule has 0 N–H and O–H groups in total. The van der Waals surface area contributed by atoms with E-state index >= 15 is 0 Å². The third-order valence-electron chi connectivity index (χ3n) is 7.76. The molecule has 0 saturated carbocycles. The highest BCUT2D eigenvalue weighted by atomic mass is 14.7. The first kappa shape index (κ1) is 22.6. The zero-order valence-corrected chi connectivity index (χ0v) is 21.6. The first-order valence-electron chi connectivity index (χ1n) is 13.4. The van der Waals surface area contributed by atoms with Crippen molar-refractivity contribution in [1.29, 1.82) is 0 Å². The third kappa shape index (κ3) is 3.79. The minimum Gasteiger partial charge on any atom is -0.264 e. The quantitative estimate of drug-likeness (QED) is 0.223. The Morgan fingerprint density at radius 3 is 1.45 bits per heavy atom. The molecule has 0 bridgehead atoms. The molecular formula is C37H23N3. The van der Waals surface area contributed by atoms with Crippen LogP contribution in [0.1, 0.15) is 0 Å². The second-order valence-electron chi connectivity index (χ2n) is 10.2. The van der Waals surface area contributed by atoms with Crippen LogP contribution in [0.3, 0.4) is 0 Å². The van der Waals surface area contributed by atoms with Crippen LogP contribution in [0, 0.1) is 0 Å². The zero-order chi connectivity index (χ0) is 26.5. The van der Waals surface area contributed by atoms with Gasteiger partial charge in [-0.25, -0.2) is 4.98 Å². The summed E-state index contributed by atoms with van der Waals surface area (Å²) in [6, 6.07) is 41.1. The van der Waals surface area contributed by atoms with Crippen molar-refractivity contribution in [2.75, 3.05) is 0 Å². The second kappa shape index (κ2) is 9.11. The van der Waals surface area contributed by atoms with Gasteiger partial charge in [0, 0.05) is 46.7 Å². The molecule has 0 amide bonds. The van der Waals surface area contributed by atoms with Crippen LogP contribution in [-0.2, 0) is 0 Å². The first-order chi connectivity index (χ1) is 19.8. The Morgan fingerprint density at radius 2 is 0.900 bits per heavy atom. The van der Waals surface area contributed by atoms with Crippen molar-refractivity contribution < 1.29 is 0 Å². The van der Waals surface area contributed by atoms with Gasteiger partial charge >= 0.3 is 0 Å². The van der Waals surface area contributed by atoms with E-state index < -0.39 is 0 Å². The number of benzene rings is 5. The van der Waals surface area contributed by atoms with E-state index in [4.69, 9.17) is 4.98 Å². The van der Waals surface area contributed by atoms with Crippen LogP contribution < -0.4 is 0 Å². The Bertz CT molecular complexity index is 2080. The maximum absolute atomic E-state index is 5.24. The van der Waals surface area contributed by atoms with E-state index in [1.807, 2.05) is 24.8 Å². The first-order valence-corrected chi connectivity index (χ1v) is 13.4. The highest BCUT2D eigenvalue weighted by molar-refractivity contribution is 6.13. The molecule has 0 aliphatic rings. The molecule has 8 rings (SSSR count). The van der Waals surface area contributed by atoms with Gasteiger partial charge in [-0.3, -0.25) is 9.97 Å². The van der Waals surface area contributed by atoms with Crippen molar-refractivity contribution in [1.82, 2.24) is 15.0 Å². The summed E-state index contributed by atoms with van der Waals surface area (Å²) >= 11 is 0. The van der Waals surface area contributed by atoms with Crippen molar-refractivity contribution in [3.8, 4) is 33.6 Å². The Kier molecular flexibility index (Phi) is 5.14. The topological polar surface area (TPSA) is 38.7 Å². The molecule has 0 saturated heterocycles. The summed E-state index contributed by atoms with van der Waals surface area (Å²) in [5.74, 6) is 0. The summed E-state index contributed by atoms with van der Waals surface area (Å²) in [7, 11) is 0. The van der Waals surface area contributed by atoms with E-state index in [9.17, 15) is 0 Å². The summed E-state index contributed by atoms with van der Waals surface area (Å²) in [4.78, 5) is 13.8. The van der Waals surface area contributed by atoms with E-state index in [2.05, 4.69) is 125 Å². The fraction of sp³-hybridized carbons (Fsp3) is 0. The van der Waals surface area contributed by atoms with Gasteiger partial charge in [-0.2, -0.15) is 0 Å². The molecule has 0 unspecified atom stereocenters. The second-order valence-corrected chi connectivity index (χ2v) is 10.2. The largest absolute Gasteiger partial charge is 0.264 e. The minimum atomic E-state index is 0.943. The number of rotatable bonds is 3. The molecule has 0 radical (unpaired) electrons. The van der Waals surface area contributed by atoms with E-state index in [-0.39, 0.29) is 0 Å². The smallest absolute Gasteiger partial charge is 0.0715 e. The van der Waals surface area contributed by atoms with Crippen LogP contribution in [0.2, 0.25) is 0 Å². The van der Waals surface area contributed by atoms with Crippen LogP contribution in [0.15, 0.2) is 140 Å². The van der Waals surface area contributed by atoms with Gasteiger partial charge in [0.05, 0.1) is 11.4 Å². The number of aromatic nitrogens is 3. The summed E-state index contributed by atoms with van der Waals surface area (Å²) in [5, 5.41) is 9.46. The maximum Gasteiger partial charge on any atom is 0.0715 e. The molecular weight excluding hydrogens is 486 g/mol. The van der Waals surface area contributed by atoms with Crippen LogP contribution >= 0.6 is 0 Å². The summed E-state index contributed by atoms with van der Waals surface area (Å²) in [6.45, 7) is 0. The molecule has 0 spiro atoms. The third-order valence-corrected chi connectivity index (χ3v) is 7.76. The van der Waals surface area contributed by atoms with Crippen molar-refractivity contribution >= 4 is 43.1 Å². The maximum atomic E-state index is 5.24. The number of hydrogen-bond donors (Lipinski definition) is 0. The van der Waals surface area contributed by atoms with Gasteiger partial charge in [0.1, 0.15) is 0 Å². The normalized spacial score (nSPS) is 11.5. The van der Waals surface area contributed by atoms with Crippen LogP contribution in [0.5, 0.6) is 0 Å².